The van der Waals surface area contributed by atoms with Crippen LogP contribution in [0.25, 0.3) is 17.0 Å². The standard InChI is InChI=1S/C20H14N2O3S/c23-17(13-6-2-1-3-7-13)12-22-11-14(15-8-4-5-9-16(15)22)10-18-19(24)21-20(25)26-18/h1-11H,12H2,(H,21,24,25). The number of imide groups is 1. The van der Waals surface area contributed by atoms with Crippen LogP contribution in [0.1, 0.15) is 15.9 Å². The van der Waals surface area contributed by atoms with Crippen molar-refractivity contribution in [3.05, 3.63) is 76.8 Å². The molecule has 4 rings (SSSR count). The van der Waals surface area contributed by atoms with Crippen molar-refractivity contribution in [2.45, 2.75) is 6.54 Å². The van der Waals surface area contributed by atoms with Crippen LogP contribution in [0.2, 0.25) is 0 Å². The third kappa shape index (κ3) is 3.07. The third-order valence-electron chi connectivity index (χ3n) is 4.16. The van der Waals surface area contributed by atoms with E-state index in [4.69, 9.17) is 0 Å². The van der Waals surface area contributed by atoms with E-state index >= 15 is 0 Å². The molecule has 2 amide bonds. The van der Waals surface area contributed by atoms with Crippen molar-refractivity contribution in [3.63, 3.8) is 0 Å². The lowest BCUT2D eigenvalue weighted by Crippen LogP contribution is -2.17. The third-order valence-corrected chi connectivity index (χ3v) is 4.97. The van der Waals surface area contributed by atoms with Gasteiger partial charge in [0.1, 0.15) is 0 Å². The number of hydrogen-bond donors (Lipinski definition) is 1. The Balaban J connectivity index is 1.73. The Morgan fingerprint density at radius 2 is 1.77 bits per heavy atom. The van der Waals surface area contributed by atoms with Crippen LogP contribution in [0, 0.1) is 0 Å². The van der Waals surface area contributed by atoms with Crippen molar-refractivity contribution < 1.29 is 14.4 Å². The Morgan fingerprint density at radius 3 is 2.50 bits per heavy atom. The minimum absolute atomic E-state index is 0.00807. The van der Waals surface area contributed by atoms with Crippen LogP contribution in [-0.2, 0) is 11.3 Å². The normalized spacial score (nSPS) is 15.6. The van der Waals surface area contributed by atoms with Gasteiger partial charge in [-0.25, -0.2) is 0 Å². The molecule has 6 heteroatoms. The monoisotopic (exact) mass is 362 g/mol. The van der Waals surface area contributed by atoms with Crippen molar-refractivity contribution >= 4 is 45.7 Å². The highest BCUT2D eigenvalue weighted by atomic mass is 32.2. The quantitative estimate of drug-likeness (QED) is 0.565. The summed E-state index contributed by atoms with van der Waals surface area (Å²) in [5, 5.41) is 2.81. The van der Waals surface area contributed by atoms with E-state index in [1.807, 2.05) is 53.2 Å². The first-order chi connectivity index (χ1) is 12.6. The number of ketones is 1. The van der Waals surface area contributed by atoms with Gasteiger partial charge in [-0.05, 0) is 23.9 Å². The Bertz CT molecular complexity index is 1070. The molecule has 1 aliphatic rings. The summed E-state index contributed by atoms with van der Waals surface area (Å²) < 4.78 is 1.87. The molecule has 0 atom stereocenters. The van der Waals surface area contributed by atoms with E-state index in [9.17, 15) is 14.4 Å². The largest absolute Gasteiger partial charge is 0.339 e. The first-order valence-corrected chi connectivity index (χ1v) is 8.84. The smallest absolute Gasteiger partial charge is 0.290 e. The maximum Gasteiger partial charge on any atom is 0.290 e. The topological polar surface area (TPSA) is 68.2 Å². The molecular formula is C20H14N2O3S. The number of rotatable bonds is 4. The summed E-state index contributed by atoms with van der Waals surface area (Å²) >= 11 is 0.882. The summed E-state index contributed by atoms with van der Waals surface area (Å²) in [7, 11) is 0. The van der Waals surface area contributed by atoms with Gasteiger partial charge >= 0.3 is 0 Å². The van der Waals surface area contributed by atoms with E-state index in [2.05, 4.69) is 5.32 Å². The lowest BCUT2D eigenvalue weighted by Gasteiger charge is -2.04. The van der Waals surface area contributed by atoms with E-state index in [1.165, 1.54) is 0 Å². The van der Waals surface area contributed by atoms with Crippen LogP contribution >= 0.6 is 11.8 Å². The zero-order valence-corrected chi connectivity index (χ0v) is 14.5. The Kier molecular flexibility index (Phi) is 4.18. The van der Waals surface area contributed by atoms with E-state index in [-0.39, 0.29) is 17.6 Å². The molecule has 3 aromatic rings. The van der Waals surface area contributed by atoms with Gasteiger partial charge in [-0.3, -0.25) is 19.7 Å². The second-order valence-corrected chi connectivity index (χ2v) is 6.89. The number of carbonyl (C=O) groups excluding carboxylic acids is 3. The molecule has 0 spiro atoms. The lowest BCUT2D eigenvalue weighted by atomic mass is 10.1. The zero-order valence-electron chi connectivity index (χ0n) is 13.6. The van der Waals surface area contributed by atoms with E-state index in [0.29, 0.717) is 10.5 Å². The number of para-hydroxylation sites is 1. The number of hydrogen-bond acceptors (Lipinski definition) is 4. The number of benzene rings is 2. The van der Waals surface area contributed by atoms with Crippen molar-refractivity contribution in [2.75, 3.05) is 0 Å². The Labute approximate surface area is 153 Å². The van der Waals surface area contributed by atoms with Crippen LogP contribution in [0.3, 0.4) is 0 Å². The highest BCUT2D eigenvalue weighted by Crippen LogP contribution is 2.29. The van der Waals surface area contributed by atoms with Gasteiger partial charge in [0, 0.05) is 28.2 Å². The number of carbonyl (C=O) groups is 3. The van der Waals surface area contributed by atoms with Crippen molar-refractivity contribution in [1.82, 2.24) is 9.88 Å². The van der Waals surface area contributed by atoms with Crippen LogP contribution in [0.15, 0.2) is 65.7 Å². The molecule has 0 unspecified atom stereocenters. The summed E-state index contributed by atoms with van der Waals surface area (Å²) in [5.41, 5.74) is 2.36. The molecule has 2 aromatic carbocycles. The maximum atomic E-state index is 12.6. The number of Topliss-reactive ketones (excluding diaryl/α,β-unsaturated/α-hetero) is 1. The molecule has 2 heterocycles. The molecule has 1 aliphatic heterocycles. The highest BCUT2D eigenvalue weighted by molar-refractivity contribution is 8.18. The van der Waals surface area contributed by atoms with Gasteiger partial charge in [-0.1, -0.05) is 48.5 Å². The minimum Gasteiger partial charge on any atom is -0.339 e. The molecule has 0 radical (unpaired) electrons. The number of thioether (sulfide) groups is 1. The maximum absolute atomic E-state index is 12.6. The number of nitrogens with one attached hydrogen (secondary N) is 1. The fourth-order valence-corrected chi connectivity index (χ4v) is 3.63. The molecule has 1 N–H and O–H groups in total. The molecule has 0 saturated carbocycles. The van der Waals surface area contributed by atoms with Gasteiger partial charge in [0.05, 0.1) is 11.4 Å². The molecule has 0 aliphatic carbocycles. The molecule has 128 valence electrons. The van der Waals surface area contributed by atoms with Crippen molar-refractivity contribution in [2.24, 2.45) is 0 Å². The van der Waals surface area contributed by atoms with Gasteiger partial charge < -0.3 is 4.57 Å². The highest BCUT2D eigenvalue weighted by Gasteiger charge is 2.25. The molecule has 1 fully saturated rings. The second kappa shape index (κ2) is 6.65. The van der Waals surface area contributed by atoms with Gasteiger partial charge in [0.2, 0.25) is 0 Å². The fraction of sp³-hybridized carbons (Fsp3) is 0.0500. The first-order valence-electron chi connectivity index (χ1n) is 8.03. The van der Waals surface area contributed by atoms with Crippen molar-refractivity contribution in [1.29, 1.82) is 0 Å². The number of nitrogens with zero attached hydrogens (tertiary/aromatic N) is 1. The van der Waals surface area contributed by atoms with Crippen LogP contribution in [-0.4, -0.2) is 21.5 Å². The summed E-state index contributed by atoms with van der Waals surface area (Å²) in [6.07, 6.45) is 3.53. The zero-order chi connectivity index (χ0) is 18.1. The van der Waals surface area contributed by atoms with Gasteiger partial charge in [-0.15, -0.1) is 0 Å². The number of amides is 2. The molecule has 5 nitrogen and oxygen atoms in total. The average Bonchev–Trinajstić information content (AvgIpc) is 3.16. The van der Waals surface area contributed by atoms with Gasteiger partial charge in [0.15, 0.2) is 5.78 Å². The molecule has 26 heavy (non-hydrogen) atoms. The van der Waals surface area contributed by atoms with E-state index < -0.39 is 5.91 Å². The average molecular weight is 362 g/mol. The fourth-order valence-electron chi connectivity index (χ4n) is 2.95. The molecule has 1 saturated heterocycles. The predicted octanol–water partition coefficient (Wildman–Crippen LogP) is 3.85. The van der Waals surface area contributed by atoms with E-state index in [0.717, 1.165) is 28.2 Å². The predicted molar refractivity (Wildman–Crippen MR) is 102 cm³/mol. The molecule has 1 aromatic heterocycles. The van der Waals surface area contributed by atoms with Crippen LogP contribution < -0.4 is 5.32 Å². The lowest BCUT2D eigenvalue weighted by molar-refractivity contribution is -0.115. The SMILES string of the molecule is O=C1NC(=O)C(=Cc2cn(CC(=O)c3ccccc3)c3ccccc23)S1. The second-order valence-electron chi connectivity index (χ2n) is 5.87. The Hall–Kier alpha value is -3.12. The summed E-state index contributed by atoms with van der Waals surface area (Å²) in [4.78, 5) is 36.1. The Morgan fingerprint density at radius 1 is 1.04 bits per heavy atom. The summed E-state index contributed by atoms with van der Waals surface area (Å²) in [6.45, 7) is 0.200. The first kappa shape index (κ1) is 16.4. The van der Waals surface area contributed by atoms with Gasteiger partial charge in [0.25, 0.3) is 11.1 Å². The van der Waals surface area contributed by atoms with Crippen molar-refractivity contribution in [3.8, 4) is 0 Å². The number of aromatic nitrogens is 1. The molecule has 0 bridgehead atoms. The molecular weight excluding hydrogens is 348 g/mol. The van der Waals surface area contributed by atoms with Crippen LogP contribution in [0.5, 0.6) is 0 Å². The summed E-state index contributed by atoms with van der Waals surface area (Å²) in [6, 6.07) is 16.8. The van der Waals surface area contributed by atoms with E-state index in [1.54, 1.807) is 18.2 Å². The summed E-state index contributed by atoms with van der Waals surface area (Å²) in [5.74, 6) is -0.383. The number of fused-ring (bicyclic) bond motifs is 1. The van der Waals surface area contributed by atoms with Gasteiger partial charge in [-0.2, -0.15) is 0 Å². The van der Waals surface area contributed by atoms with Crippen LogP contribution in [0.4, 0.5) is 4.79 Å². The minimum atomic E-state index is -0.391.